The molecule has 0 aromatic heterocycles. The molecule has 2 aliphatic rings. The molecule has 158 valence electrons. The number of carbonyl (C=O) groups excluding carboxylic acids is 2. The van der Waals surface area contributed by atoms with Crippen molar-refractivity contribution in [3.8, 4) is 28.4 Å². The van der Waals surface area contributed by atoms with Gasteiger partial charge in [-0.05, 0) is 55.4 Å². The van der Waals surface area contributed by atoms with Gasteiger partial charge in [-0.25, -0.2) is 4.79 Å². The monoisotopic (exact) mass is 410 g/mol. The Hall–Kier alpha value is -3.02. The Morgan fingerprint density at radius 3 is 2.53 bits per heavy atom. The van der Waals surface area contributed by atoms with Crippen molar-refractivity contribution in [3.63, 3.8) is 0 Å². The number of fused-ring (bicyclic) bond motifs is 1. The number of hydrogen-bond donors (Lipinski definition) is 0. The van der Waals surface area contributed by atoms with E-state index in [1.54, 1.807) is 7.11 Å². The molecule has 0 aliphatic heterocycles. The summed E-state index contributed by atoms with van der Waals surface area (Å²) in [6.45, 7) is 2.51. The van der Waals surface area contributed by atoms with E-state index in [9.17, 15) is 9.59 Å². The molecule has 2 aliphatic carbocycles. The van der Waals surface area contributed by atoms with Gasteiger partial charge in [-0.1, -0.05) is 18.2 Å². The van der Waals surface area contributed by atoms with Crippen LogP contribution >= 0.6 is 0 Å². The second kappa shape index (κ2) is 8.78. The largest absolute Gasteiger partial charge is 0.493 e. The van der Waals surface area contributed by atoms with Crippen molar-refractivity contribution in [3.05, 3.63) is 41.5 Å². The van der Waals surface area contributed by atoms with Crippen LogP contribution in [0.4, 0.5) is 0 Å². The van der Waals surface area contributed by atoms with Crippen LogP contribution in [-0.4, -0.2) is 38.7 Å². The van der Waals surface area contributed by atoms with Crippen molar-refractivity contribution in [1.82, 2.24) is 0 Å². The fourth-order valence-corrected chi connectivity index (χ4v) is 3.75. The van der Waals surface area contributed by atoms with Crippen molar-refractivity contribution in [2.24, 2.45) is 5.92 Å². The summed E-state index contributed by atoms with van der Waals surface area (Å²) in [6.07, 6.45) is 3.41. The Balaban J connectivity index is 1.70. The fraction of sp³-hybridized carbons (Fsp3) is 0.417. The zero-order chi connectivity index (χ0) is 21.1. The van der Waals surface area contributed by atoms with Gasteiger partial charge in [0.1, 0.15) is 0 Å². The summed E-state index contributed by atoms with van der Waals surface area (Å²) in [6, 6.07) is 9.39. The Bertz CT molecular complexity index is 960. The molecule has 6 heteroatoms. The van der Waals surface area contributed by atoms with Crippen molar-refractivity contribution >= 4 is 11.8 Å². The lowest BCUT2D eigenvalue weighted by Crippen LogP contribution is -2.17. The lowest BCUT2D eigenvalue weighted by atomic mass is 9.95. The van der Waals surface area contributed by atoms with E-state index >= 15 is 0 Å². The molecule has 30 heavy (non-hydrogen) atoms. The first-order chi connectivity index (χ1) is 14.6. The van der Waals surface area contributed by atoms with Crippen LogP contribution in [0, 0.1) is 5.92 Å². The molecule has 0 heterocycles. The molecule has 1 fully saturated rings. The molecule has 0 N–H and O–H groups in total. The SMILES string of the molecule is CCOc1c(OC)ccc(-c2cccc3c2CCC3=O)c1OCC(=O)OCC1CC1. The van der Waals surface area contributed by atoms with Crippen LogP contribution in [0.1, 0.15) is 42.1 Å². The summed E-state index contributed by atoms with van der Waals surface area (Å²) in [5.41, 5.74) is 3.41. The highest BCUT2D eigenvalue weighted by Crippen LogP contribution is 2.46. The Morgan fingerprint density at radius 2 is 1.80 bits per heavy atom. The molecule has 0 radical (unpaired) electrons. The Labute approximate surface area is 176 Å². The topological polar surface area (TPSA) is 71.1 Å². The maximum atomic E-state index is 12.2. The standard InChI is InChI=1S/C24H26O6/c1-3-28-24-21(27-2)12-10-19(16-5-4-6-18-17(16)9-11-20(18)25)23(24)30-14-22(26)29-13-15-7-8-15/h4-6,10,12,15H,3,7-9,11,13-14H2,1-2H3. The molecule has 0 spiro atoms. The van der Waals surface area contributed by atoms with Gasteiger partial charge in [0.15, 0.2) is 23.9 Å². The zero-order valence-electron chi connectivity index (χ0n) is 17.4. The highest BCUT2D eigenvalue weighted by atomic mass is 16.6. The number of methoxy groups -OCH3 is 1. The minimum absolute atomic E-state index is 0.150. The number of hydrogen-bond acceptors (Lipinski definition) is 6. The van der Waals surface area contributed by atoms with E-state index in [1.165, 1.54) is 0 Å². The van der Waals surface area contributed by atoms with E-state index in [2.05, 4.69) is 0 Å². The Morgan fingerprint density at radius 1 is 1.00 bits per heavy atom. The lowest BCUT2D eigenvalue weighted by Gasteiger charge is -2.19. The van der Waals surface area contributed by atoms with Gasteiger partial charge >= 0.3 is 5.97 Å². The lowest BCUT2D eigenvalue weighted by molar-refractivity contribution is -0.146. The second-order valence-electron chi connectivity index (χ2n) is 7.58. The minimum atomic E-state index is -0.411. The van der Waals surface area contributed by atoms with Gasteiger partial charge in [0.2, 0.25) is 5.75 Å². The third-order valence-corrected chi connectivity index (χ3v) is 5.46. The van der Waals surface area contributed by atoms with Crippen LogP contribution < -0.4 is 14.2 Å². The molecular weight excluding hydrogens is 384 g/mol. The zero-order valence-corrected chi connectivity index (χ0v) is 17.4. The van der Waals surface area contributed by atoms with Gasteiger partial charge in [-0.3, -0.25) is 4.79 Å². The third kappa shape index (κ3) is 4.13. The number of ketones is 1. The van der Waals surface area contributed by atoms with Crippen LogP contribution in [0.15, 0.2) is 30.3 Å². The average molecular weight is 410 g/mol. The van der Waals surface area contributed by atoms with Gasteiger partial charge in [0, 0.05) is 17.5 Å². The minimum Gasteiger partial charge on any atom is -0.493 e. The van der Waals surface area contributed by atoms with Gasteiger partial charge in [0.05, 0.1) is 20.3 Å². The van der Waals surface area contributed by atoms with Gasteiger partial charge in [-0.2, -0.15) is 0 Å². The number of carbonyl (C=O) groups is 2. The molecule has 6 nitrogen and oxygen atoms in total. The molecule has 0 atom stereocenters. The predicted octanol–water partition coefficient (Wildman–Crippen LogP) is 4.22. The van der Waals surface area contributed by atoms with Crippen molar-refractivity contribution in [2.75, 3.05) is 26.9 Å². The third-order valence-electron chi connectivity index (χ3n) is 5.46. The number of rotatable bonds is 9. The molecule has 0 saturated heterocycles. The van der Waals surface area contributed by atoms with Crippen molar-refractivity contribution in [2.45, 2.75) is 32.6 Å². The van der Waals surface area contributed by atoms with Crippen LogP contribution in [0.5, 0.6) is 17.2 Å². The number of esters is 1. The smallest absolute Gasteiger partial charge is 0.344 e. The average Bonchev–Trinajstić information content (AvgIpc) is 3.52. The summed E-state index contributed by atoms with van der Waals surface area (Å²) in [5, 5.41) is 0. The first kappa shape index (κ1) is 20.3. The first-order valence-electron chi connectivity index (χ1n) is 10.4. The number of benzene rings is 2. The molecule has 1 saturated carbocycles. The van der Waals surface area contributed by atoms with Gasteiger partial charge in [0.25, 0.3) is 0 Å². The van der Waals surface area contributed by atoms with E-state index in [0.717, 1.165) is 35.1 Å². The summed E-state index contributed by atoms with van der Waals surface area (Å²) in [7, 11) is 1.56. The molecule has 0 amide bonds. The molecule has 2 aromatic rings. The summed E-state index contributed by atoms with van der Waals surface area (Å²) < 4.78 is 22.5. The summed E-state index contributed by atoms with van der Waals surface area (Å²) in [5.74, 6) is 1.61. The quantitative estimate of drug-likeness (QED) is 0.577. The number of Topliss-reactive ketones (excluding diaryl/α,β-unsaturated/α-hetero) is 1. The fourth-order valence-electron chi connectivity index (χ4n) is 3.75. The Kier molecular flexibility index (Phi) is 5.93. The van der Waals surface area contributed by atoms with Gasteiger partial charge in [-0.15, -0.1) is 0 Å². The second-order valence-corrected chi connectivity index (χ2v) is 7.58. The molecule has 4 rings (SSSR count). The first-order valence-corrected chi connectivity index (χ1v) is 10.4. The molecular formula is C24H26O6. The normalized spacial score (nSPS) is 14.9. The molecule has 2 aromatic carbocycles. The highest BCUT2D eigenvalue weighted by Gasteiger charge is 2.27. The molecule has 0 unspecified atom stereocenters. The van der Waals surface area contributed by atoms with Crippen LogP contribution in [0.3, 0.4) is 0 Å². The maximum Gasteiger partial charge on any atom is 0.344 e. The van der Waals surface area contributed by atoms with E-state index in [0.29, 0.717) is 49.2 Å². The van der Waals surface area contributed by atoms with Crippen molar-refractivity contribution < 1.29 is 28.5 Å². The maximum absolute atomic E-state index is 12.2. The molecule has 0 bridgehead atoms. The van der Waals surface area contributed by atoms with Gasteiger partial charge < -0.3 is 18.9 Å². The van der Waals surface area contributed by atoms with Crippen LogP contribution in [0.25, 0.3) is 11.1 Å². The summed E-state index contributed by atoms with van der Waals surface area (Å²) in [4.78, 5) is 24.4. The van der Waals surface area contributed by atoms with Crippen LogP contribution in [0.2, 0.25) is 0 Å². The van der Waals surface area contributed by atoms with E-state index in [4.69, 9.17) is 18.9 Å². The van der Waals surface area contributed by atoms with Crippen LogP contribution in [-0.2, 0) is 16.0 Å². The number of ether oxygens (including phenoxy) is 4. The van der Waals surface area contributed by atoms with E-state index in [-0.39, 0.29) is 12.4 Å². The van der Waals surface area contributed by atoms with E-state index < -0.39 is 5.97 Å². The summed E-state index contributed by atoms with van der Waals surface area (Å²) >= 11 is 0. The highest BCUT2D eigenvalue weighted by molar-refractivity contribution is 6.02. The predicted molar refractivity (Wildman–Crippen MR) is 111 cm³/mol. The van der Waals surface area contributed by atoms with Crippen molar-refractivity contribution in [1.29, 1.82) is 0 Å². The van der Waals surface area contributed by atoms with E-state index in [1.807, 2.05) is 37.3 Å².